The van der Waals surface area contributed by atoms with E-state index in [0.29, 0.717) is 6.61 Å². The van der Waals surface area contributed by atoms with Crippen LogP contribution in [0.15, 0.2) is 11.5 Å². The van der Waals surface area contributed by atoms with Gasteiger partial charge < -0.3 is 14.4 Å². The zero-order valence-corrected chi connectivity index (χ0v) is 13.2. The average Bonchev–Trinajstić information content (AvgIpc) is 3.20. The lowest BCUT2D eigenvalue weighted by Crippen LogP contribution is -2.39. The Kier molecular flexibility index (Phi) is 4.61. The largest absolute Gasteiger partial charge is 0.473 e. The Balaban J connectivity index is 1.92. The highest BCUT2D eigenvalue weighted by Crippen LogP contribution is 2.37. The molecule has 0 amide bonds. The molecule has 4 nitrogen and oxygen atoms in total. The van der Waals surface area contributed by atoms with Crippen molar-refractivity contribution in [2.45, 2.75) is 59.0 Å². The van der Waals surface area contributed by atoms with Crippen LogP contribution < -0.4 is 0 Å². The molecule has 0 aromatic carbocycles. The molecule has 0 aromatic heterocycles. The monoisotopic (exact) mass is 281 g/mol. The van der Waals surface area contributed by atoms with Gasteiger partial charge in [0.1, 0.15) is 5.60 Å². The van der Waals surface area contributed by atoms with E-state index in [1.807, 2.05) is 6.92 Å². The van der Waals surface area contributed by atoms with E-state index in [4.69, 9.17) is 9.47 Å². The van der Waals surface area contributed by atoms with Crippen LogP contribution in [0.5, 0.6) is 0 Å². The van der Waals surface area contributed by atoms with Crippen molar-refractivity contribution in [2.24, 2.45) is 5.92 Å². The number of hydrogen-bond donors (Lipinski definition) is 0. The highest BCUT2D eigenvalue weighted by molar-refractivity contribution is 5.72. The summed E-state index contributed by atoms with van der Waals surface area (Å²) in [6.45, 7) is 10.4. The Morgan fingerprint density at radius 3 is 2.30 bits per heavy atom. The van der Waals surface area contributed by atoms with E-state index in [1.165, 1.54) is 5.57 Å². The van der Waals surface area contributed by atoms with Crippen LogP contribution in [0.2, 0.25) is 0 Å². The van der Waals surface area contributed by atoms with E-state index in [0.717, 1.165) is 44.7 Å². The first-order valence-electron chi connectivity index (χ1n) is 7.73. The third kappa shape index (κ3) is 4.15. The van der Waals surface area contributed by atoms with Gasteiger partial charge in [-0.3, -0.25) is 4.79 Å². The summed E-state index contributed by atoms with van der Waals surface area (Å²) in [6, 6.07) is 0. The number of allylic oxidation sites excluding steroid dienone is 1. The fourth-order valence-electron chi connectivity index (χ4n) is 2.51. The summed E-state index contributed by atoms with van der Waals surface area (Å²) in [5.41, 5.74) is 1.26. The number of piperidine rings is 1. The van der Waals surface area contributed by atoms with Crippen LogP contribution in [0.4, 0.5) is 0 Å². The second kappa shape index (κ2) is 6.06. The van der Waals surface area contributed by atoms with Crippen molar-refractivity contribution in [3.05, 3.63) is 11.5 Å². The molecule has 1 heterocycles. The van der Waals surface area contributed by atoms with Crippen LogP contribution in [0.1, 0.15) is 53.4 Å². The molecule has 2 aliphatic rings. The van der Waals surface area contributed by atoms with Gasteiger partial charge in [-0.2, -0.15) is 0 Å². The maximum absolute atomic E-state index is 11.8. The normalized spacial score (nSPS) is 19.8. The molecule has 4 heteroatoms. The van der Waals surface area contributed by atoms with Crippen molar-refractivity contribution in [3.63, 3.8) is 0 Å². The molecule has 0 atom stereocenters. The van der Waals surface area contributed by atoms with Gasteiger partial charge in [0, 0.05) is 13.1 Å². The van der Waals surface area contributed by atoms with Crippen molar-refractivity contribution in [2.75, 3.05) is 19.7 Å². The van der Waals surface area contributed by atoms with Gasteiger partial charge in [-0.25, -0.2) is 0 Å². The first-order chi connectivity index (χ1) is 9.40. The third-order valence-corrected chi connectivity index (χ3v) is 3.61. The standard InChI is InChI=1S/C16H27NO3/c1-5-19-15(18)13-8-10-17(11-9-13)14(12-6-7-12)20-16(2,3)4/h13H,5-11H2,1-4H3. The van der Waals surface area contributed by atoms with Crippen molar-refractivity contribution in [1.82, 2.24) is 4.90 Å². The summed E-state index contributed by atoms with van der Waals surface area (Å²) in [6.07, 6.45) is 4.04. The van der Waals surface area contributed by atoms with Crippen molar-refractivity contribution < 1.29 is 14.3 Å². The summed E-state index contributed by atoms with van der Waals surface area (Å²) >= 11 is 0. The second-order valence-corrected chi connectivity index (χ2v) is 6.64. The first kappa shape index (κ1) is 15.2. The van der Waals surface area contributed by atoms with Gasteiger partial charge >= 0.3 is 5.97 Å². The molecule has 1 aliphatic heterocycles. The molecular weight excluding hydrogens is 254 g/mol. The number of esters is 1. The predicted octanol–water partition coefficient (Wildman–Crippen LogP) is 3.08. The Labute approximate surface area is 122 Å². The minimum Gasteiger partial charge on any atom is -0.473 e. The second-order valence-electron chi connectivity index (χ2n) is 6.64. The zero-order chi connectivity index (χ0) is 14.8. The maximum atomic E-state index is 11.8. The fourth-order valence-corrected chi connectivity index (χ4v) is 2.51. The molecule has 0 unspecified atom stereocenters. The molecule has 1 aliphatic carbocycles. The highest BCUT2D eigenvalue weighted by Gasteiger charge is 2.32. The summed E-state index contributed by atoms with van der Waals surface area (Å²) in [5.74, 6) is 1.09. The molecule has 20 heavy (non-hydrogen) atoms. The average molecular weight is 281 g/mol. The Morgan fingerprint density at radius 2 is 1.85 bits per heavy atom. The Morgan fingerprint density at radius 1 is 1.25 bits per heavy atom. The first-order valence-corrected chi connectivity index (χ1v) is 7.73. The van der Waals surface area contributed by atoms with Crippen molar-refractivity contribution in [3.8, 4) is 0 Å². The van der Waals surface area contributed by atoms with E-state index in [1.54, 1.807) is 0 Å². The molecule has 1 saturated heterocycles. The fraction of sp³-hybridized carbons (Fsp3) is 0.812. The lowest BCUT2D eigenvalue weighted by atomic mass is 9.97. The van der Waals surface area contributed by atoms with Crippen LogP contribution >= 0.6 is 0 Å². The Hall–Kier alpha value is -1.19. The number of rotatable bonds is 4. The zero-order valence-electron chi connectivity index (χ0n) is 13.2. The molecule has 0 N–H and O–H groups in total. The van der Waals surface area contributed by atoms with Crippen LogP contribution in [0.3, 0.4) is 0 Å². The summed E-state index contributed by atoms with van der Waals surface area (Å²) in [7, 11) is 0. The highest BCUT2D eigenvalue weighted by atomic mass is 16.5. The molecule has 0 bridgehead atoms. The van der Waals surface area contributed by atoms with E-state index >= 15 is 0 Å². The third-order valence-electron chi connectivity index (χ3n) is 3.61. The minimum absolute atomic E-state index is 0.0375. The van der Waals surface area contributed by atoms with Crippen LogP contribution in [-0.4, -0.2) is 36.2 Å². The summed E-state index contributed by atoms with van der Waals surface area (Å²) in [4.78, 5) is 14.1. The quantitative estimate of drug-likeness (QED) is 0.586. The van der Waals surface area contributed by atoms with Crippen molar-refractivity contribution in [1.29, 1.82) is 0 Å². The van der Waals surface area contributed by atoms with Crippen molar-refractivity contribution >= 4 is 5.97 Å². The lowest BCUT2D eigenvalue weighted by Gasteiger charge is -2.36. The van der Waals surface area contributed by atoms with Gasteiger partial charge in [-0.05, 0) is 59.0 Å². The van der Waals surface area contributed by atoms with E-state index < -0.39 is 0 Å². The molecule has 0 radical (unpaired) electrons. The number of ether oxygens (including phenoxy) is 2. The maximum Gasteiger partial charge on any atom is 0.309 e. The summed E-state index contributed by atoms with van der Waals surface area (Å²) < 4.78 is 11.3. The molecule has 1 saturated carbocycles. The molecule has 2 rings (SSSR count). The van der Waals surface area contributed by atoms with Gasteiger partial charge in [0.2, 0.25) is 0 Å². The topological polar surface area (TPSA) is 38.8 Å². The molecule has 0 spiro atoms. The van der Waals surface area contributed by atoms with Gasteiger partial charge in [-0.15, -0.1) is 0 Å². The number of likely N-dealkylation sites (tertiary alicyclic amines) is 1. The molecular formula is C16H27NO3. The van der Waals surface area contributed by atoms with Gasteiger partial charge in [0.05, 0.1) is 12.5 Å². The van der Waals surface area contributed by atoms with Crippen LogP contribution in [0.25, 0.3) is 0 Å². The van der Waals surface area contributed by atoms with Gasteiger partial charge in [0.15, 0.2) is 5.88 Å². The summed E-state index contributed by atoms with van der Waals surface area (Å²) in [5, 5.41) is 0. The van der Waals surface area contributed by atoms with E-state index in [9.17, 15) is 4.79 Å². The van der Waals surface area contributed by atoms with Gasteiger partial charge in [0.25, 0.3) is 0 Å². The Bertz CT molecular complexity index is 381. The number of hydrogen-bond acceptors (Lipinski definition) is 4. The number of nitrogens with zero attached hydrogens (tertiary/aromatic N) is 1. The van der Waals surface area contributed by atoms with Gasteiger partial charge in [-0.1, -0.05) is 0 Å². The molecule has 114 valence electrons. The van der Waals surface area contributed by atoms with E-state index in [-0.39, 0.29) is 17.5 Å². The lowest BCUT2D eigenvalue weighted by molar-refractivity contribution is -0.149. The molecule has 2 fully saturated rings. The minimum atomic E-state index is -0.164. The predicted molar refractivity (Wildman–Crippen MR) is 78.0 cm³/mol. The number of carbonyl (C=O) groups excluding carboxylic acids is 1. The SMILES string of the molecule is CCOC(=O)C1CCN(C(OC(C)(C)C)=C2CC2)CC1. The van der Waals surface area contributed by atoms with E-state index in [2.05, 4.69) is 25.7 Å². The van der Waals surface area contributed by atoms with Crippen LogP contribution in [0, 0.1) is 5.92 Å². The molecule has 0 aromatic rings. The number of carbonyl (C=O) groups is 1. The smallest absolute Gasteiger partial charge is 0.309 e. The van der Waals surface area contributed by atoms with Crippen LogP contribution in [-0.2, 0) is 14.3 Å².